The summed E-state index contributed by atoms with van der Waals surface area (Å²) in [5.41, 5.74) is 1.87. The molecule has 0 bridgehead atoms. The molecule has 5 heteroatoms. The standard InChI is InChI=1S/C14H15BrN2O2/c1-9(18)11-5-3-4-6-12(11)16-14(19)13-7-10(15)8-17(13)2/h3-9,18H,1-2H3,(H,16,19). The zero-order valence-corrected chi connectivity index (χ0v) is 12.3. The Balaban J connectivity index is 2.27. The Kier molecular flexibility index (Phi) is 4.07. The Bertz CT molecular complexity index is 605. The lowest BCUT2D eigenvalue weighted by Gasteiger charge is -2.13. The van der Waals surface area contributed by atoms with Crippen LogP contribution >= 0.6 is 15.9 Å². The van der Waals surface area contributed by atoms with E-state index in [0.29, 0.717) is 16.9 Å². The van der Waals surface area contributed by atoms with Gasteiger partial charge in [0.2, 0.25) is 0 Å². The van der Waals surface area contributed by atoms with Crippen LogP contribution in [-0.2, 0) is 7.05 Å². The van der Waals surface area contributed by atoms with Crippen molar-refractivity contribution in [3.05, 3.63) is 52.3 Å². The molecule has 19 heavy (non-hydrogen) atoms. The molecule has 1 aromatic heterocycles. The van der Waals surface area contributed by atoms with Gasteiger partial charge in [0, 0.05) is 29.0 Å². The zero-order valence-electron chi connectivity index (χ0n) is 10.7. The van der Waals surface area contributed by atoms with Crippen molar-refractivity contribution in [2.24, 2.45) is 7.05 Å². The Hall–Kier alpha value is -1.59. The average Bonchev–Trinajstić information content (AvgIpc) is 2.69. The summed E-state index contributed by atoms with van der Waals surface area (Å²) in [6.07, 6.45) is 1.19. The maximum absolute atomic E-state index is 12.2. The monoisotopic (exact) mass is 322 g/mol. The van der Waals surface area contributed by atoms with Crippen molar-refractivity contribution in [1.29, 1.82) is 0 Å². The molecule has 1 unspecified atom stereocenters. The summed E-state index contributed by atoms with van der Waals surface area (Å²) in [5.74, 6) is -0.207. The molecule has 2 N–H and O–H groups in total. The third-order valence-electron chi connectivity index (χ3n) is 2.86. The molecular weight excluding hydrogens is 308 g/mol. The van der Waals surface area contributed by atoms with Crippen molar-refractivity contribution in [2.45, 2.75) is 13.0 Å². The van der Waals surface area contributed by atoms with Gasteiger partial charge in [-0.15, -0.1) is 0 Å². The smallest absolute Gasteiger partial charge is 0.272 e. The summed E-state index contributed by atoms with van der Waals surface area (Å²) >= 11 is 3.33. The number of amides is 1. The molecule has 0 aliphatic rings. The first kappa shape index (κ1) is 13.8. The van der Waals surface area contributed by atoms with Crippen molar-refractivity contribution >= 4 is 27.5 Å². The number of anilines is 1. The van der Waals surface area contributed by atoms with Gasteiger partial charge in [-0.3, -0.25) is 4.79 Å². The lowest BCUT2D eigenvalue weighted by atomic mass is 10.1. The van der Waals surface area contributed by atoms with Gasteiger partial charge in [-0.1, -0.05) is 18.2 Å². The molecule has 0 aliphatic heterocycles. The van der Waals surface area contributed by atoms with Crippen LogP contribution in [0.5, 0.6) is 0 Å². The van der Waals surface area contributed by atoms with Crippen LogP contribution in [0.15, 0.2) is 41.0 Å². The third kappa shape index (κ3) is 3.05. The summed E-state index contributed by atoms with van der Waals surface area (Å²) in [4.78, 5) is 12.2. The second-order valence-electron chi connectivity index (χ2n) is 4.37. The molecule has 2 rings (SSSR count). The summed E-state index contributed by atoms with van der Waals surface area (Å²) in [6, 6.07) is 8.97. The number of rotatable bonds is 3. The van der Waals surface area contributed by atoms with E-state index in [2.05, 4.69) is 21.2 Å². The number of carbonyl (C=O) groups excluding carboxylic acids is 1. The molecule has 0 aliphatic carbocycles. The van der Waals surface area contributed by atoms with E-state index in [0.717, 1.165) is 4.47 Å². The van der Waals surface area contributed by atoms with Gasteiger partial charge in [0.05, 0.1) is 6.10 Å². The number of benzene rings is 1. The van der Waals surface area contributed by atoms with E-state index in [-0.39, 0.29) is 5.91 Å². The molecule has 0 spiro atoms. The number of halogens is 1. The summed E-state index contributed by atoms with van der Waals surface area (Å²) in [5, 5.41) is 12.5. The molecule has 0 saturated heterocycles. The Morgan fingerprint density at radius 3 is 2.68 bits per heavy atom. The molecule has 0 saturated carbocycles. The number of aromatic nitrogens is 1. The maximum atomic E-state index is 12.2. The number of aliphatic hydroxyl groups excluding tert-OH is 1. The number of nitrogens with zero attached hydrogens (tertiary/aromatic N) is 1. The molecule has 1 atom stereocenters. The van der Waals surface area contributed by atoms with Gasteiger partial charge >= 0.3 is 0 Å². The first-order valence-electron chi connectivity index (χ1n) is 5.89. The lowest BCUT2D eigenvalue weighted by molar-refractivity contribution is 0.101. The van der Waals surface area contributed by atoms with Crippen LogP contribution in [-0.4, -0.2) is 15.6 Å². The van der Waals surface area contributed by atoms with E-state index >= 15 is 0 Å². The molecular formula is C14H15BrN2O2. The first-order chi connectivity index (χ1) is 8.99. The number of hydrogen-bond donors (Lipinski definition) is 2. The van der Waals surface area contributed by atoms with E-state index in [1.807, 2.05) is 18.3 Å². The summed E-state index contributed by atoms with van der Waals surface area (Å²) in [7, 11) is 1.81. The Labute approximate surface area is 120 Å². The van der Waals surface area contributed by atoms with E-state index in [1.54, 1.807) is 36.7 Å². The van der Waals surface area contributed by atoms with Crippen LogP contribution in [0.25, 0.3) is 0 Å². The van der Waals surface area contributed by atoms with Gasteiger partial charge in [-0.2, -0.15) is 0 Å². The highest BCUT2D eigenvalue weighted by Crippen LogP contribution is 2.23. The average molecular weight is 323 g/mol. The van der Waals surface area contributed by atoms with Gasteiger partial charge in [-0.25, -0.2) is 0 Å². The van der Waals surface area contributed by atoms with Crippen LogP contribution in [0.2, 0.25) is 0 Å². The number of aliphatic hydroxyl groups is 1. The number of aryl methyl sites for hydroxylation is 1. The van der Waals surface area contributed by atoms with E-state index < -0.39 is 6.10 Å². The highest BCUT2D eigenvalue weighted by atomic mass is 79.9. The molecule has 1 amide bonds. The lowest BCUT2D eigenvalue weighted by Crippen LogP contribution is -2.16. The van der Waals surface area contributed by atoms with Gasteiger partial charge < -0.3 is 15.0 Å². The van der Waals surface area contributed by atoms with Crippen LogP contribution in [0.1, 0.15) is 29.1 Å². The molecule has 1 heterocycles. The van der Waals surface area contributed by atoms with Crippen molar-refractivity contribution in [2.75, 3.05) is 5.32 Å². The second-order valence-corrected chi connectivity index (χ2v) is 5.29. The molecule has 2 aromatic rings. The Morgan fingerprint density at radius 2 is 2.11 bits per heavy atom. The Morgan fingerprint density at radius 1 is 1.42 bits per heavy atom. The van der Waals surface area contributed by atoms with Gasteiger partial charge in [0.15, 0.2) is 0 Å². The minimum Gasteiger partial charge on any atom is -0.389 e. The van der Waals surface area contributed by atoms with E-state index in [1.165, 1.54) is 0 Å². The number of nitrogens with one attached hydrogen (secondary N) is 1. The van der Waals surface area contributed by atoms with Crippen LogP contribution in [0.4, 0.5) is 5.69 Å². The predicted octanol–water partition coefficient (Wildman–Crippen LogP) is 3.09. The van der Waals surface area contributed by atoms with Crippen molar-refractivity contribution in [3.8, 4) is 0 Å². The quantitative estimate of drug-likeness (QED) is 0.912. The zero-order chi connectivity index (χ0) is 14.0. The van der Waals surface area contributed by atoms with Crippen LogP contribution in [0, 0.1) is 0 Å². The highest BCUT2D eigenvalue weighted by molar-refractivity contribution is 9.10. The minimum absolute atomic E-state index is 0.207. The second kappa shape index (κ2) is 5.59. The molecule has 100 valence electrons. The van der Waals surface area contributed by atoms with Crippen LogP contribution < -0.4 is 5.32 Å². The van der Waals surface area contributed by atoms with Crippen molar-refractivity contribution < 1.29 is 9.90 Å². The molecule has 4 nitrogen and oxygen atoms in total. The number of carbonyl (C=O) groups is 1. The topological polar surface area (TPSA) is 54.3 Å². The fourth-order valence-corrected chi connectivity index (χ4v) is 2.44. The number of hydrogen-bond acceptors (Lipinski definition) is 2. The summed E-state index contributed by atoms with van der Waals surface area (Å²) in [6.45, 7) is 1.67. The molecule has 0 fully saturated rings. The van der Waals surface area contributed by atoms with Crippen molar-refractivity contribution in [1.82, 2.24) is 4.57 Å². The first-order valence-corrected chi connectivity index (χ1v) is 6.68. The number of para-hydroxylation sites is 1. The maximum Gasteiger partial charge on any atom is 0.272 e. The molecule has 1 aromatic carbocycles. The molecule has 0 radical (unpaired) electrons. The normalized spacial score (nSPS) is 12.2. The van der Waals surface area contributed by atoms with E-state index in [9.17, 15) is 9.90 Å². The minimum atomic E-state index is -0.628. The van der Waals surface area contributed by atoms with Crippen molar-refractivity contribution in [3.63, 3.8) is 0 Å². The SMILES string of the molecule is CC(O)c1ccccc1NC(=O)c1cc(Br)cn1C. The highest BCUT2D eigenvalue weighted by Gasteiger charge is 2.14. The van der Waals surface area contributed by atoms with Gasteiger partial charge in [0.25, 0.3) is 5.91 Å². The summed E-state index contributed by atoms with van der Waals surface area (Å²) < 4.78 is 2.59. The van der Waals surface area contributed by atoms with Gasteiger partial charge in [0.1, 0.15) is 5.69 Å². The van der Waals surface area contributed by atoms with E-state index in [4.69, 9.17) is 0 Å². The fraction of sp³-hybridized carbons (Fsp3) is 0.214. The van der Waals surface area contributed by atoms with Crippen LogP contribution in [0.3, 0.4) is 0 Å². The fourth-order valence-electron chi connectivity index (χ4n) is 1.91. The third-order valence-corrected chi connectivity index (χ3v) is 3.30. The van der Waals surface area contributed by atoms with Gasteiger partial charge in [-0.05, 0) is 35.0 Å². The largest absolute Gasteiger partial charge is 0.389 e. The predicted molar refractivity (Wildman–Crippen MR) is 78.1 cm³/mol.